The Balaban J connectivity index is 1.63. The molecule has 0 aromatic carbocycles. The molecular weight excluding hydrogens is 252 g/mol. The lowest BCUT2D eigenvalue weighted by atomic mass is 9.81. The van der Waals surface area contributed by atoms with E-state index in [1.165, 1.54) is 83.3 Å². The smallest absolute Gasteiger partial charge is 0.0308 e. The van der Waals surface area contributed by atoms with Crippen molar-refractivity contribution in [3.8, 4) is 0 Å². The average molecular weight is 282 g/mol. The molecule has 1 aliphatic carbocycles. The number of thioether (sulfide) groups is 1. The molecule has 1 saturated carbocycles. The van der Waals surface area contributed by atoms with Crippen molar-refractivity contribution in [2.75, 3.05) is 31.9 Å². The summed E-state index contributed by atoms with van der Waals surface area (Å²) in [6.07, 6.45) is 11.3. The Bertz CT molecular complexity index is 293. The van der Waals surface area contributed by atoms with E-state index in [0.29, 0.717) is 10.3 Å². The van der Waals surface area contributed by atoms with Gasteiger partial charge in [-0.1, -0.05) is 19.3 Å². The van der Waals surface area contributed by atoms with E-state index in [-0.39, 0.29) is 0 Å². The van der Waals surface area contributed by atoms with Crippen LogP contribution in [0.2, 0.25) is 0 Å². The van der Waals surface area contributed by atoms with Crippen LogP contribution in [0.3, 0.4) is 0 Å². The summed E-state index contributed by atoms with van der Waals surface area (Å²) in [4.78, 5) is 2.80. The maximum atomic E-state index is 3.92. The summed E-state index contributed by atoms with van der Waals surface area (Å²) in [7, 11) is 0. The summed E-state index contributed by atoms with van der Waals surface area (Å²) in [6.45, 7) is 7.67. The Morgan fingerprint density at radius 1 is 1.05 bits per heavy atom. The van der Waals surface area contributed by atoms with Crippen LogP contribution < -0.4 is 5.32 Å². The molecule has 1 unspecified atom stereocenters. The van der Waals surface area contributed by atoms with Crippen molar-refractivity contribution in [2.24, 2.45) is 0 Å². The second kappa shape index (κ2) is 5.95. The summed E-state index contributed by atoms with van der Waals surface area (Å²) in [5.74, 6) is 1.38. The van der Waals surface area contributed by atoms with Crippen LogP contribution >= 0.6 is 11.8 Å². The second-order valence-corrected chi connectivity index (χ2v) is 8.92. The van der Waals surface area contributed by atoms with Gasteiger partial charge in [0.05, 0.1) is 0 Å². The highest BCUT2D eigenvalue weighted by Crippen LogP contribution is 2.39. The summed E-state index contributed by atoms with van der Waals surface area (Å²) >= 11 is 2.22. The fourth-order valence-electron chi connectivity index (χ4n) is 4.35. The lowest BCUT2D eigenvalue weighted by Crippen LogP contribution is -2.54. The minimum Gasteiger partial charge on any atom is -0.310 e. The topological polar surface area (TPSA) is 15.3 Å². The van der Waals surface area contributed by atoms with Crippen molar-refractivity contribution in [3.05, 3.63) is 0 Å². The maximum absolute atomic E-state index is 3.92. The Labute approximate surface area is 123 Å². The van der Waals surface area contributed by atoms with Gasteiger partial charge < -0.3 is 10.2 Å². The fourth-order valence-corrected chi connectivity index (χ4v) is 5.70. The Morgan fingerprint density at radius 2 is 1.89 bits per heavy atom. The van der Waals surface area contributed by atoms with Gasteiger partial charge in [0.1, 0.15) is 0 Å². The Kier molecular flexibility index (Phi) is 4.45. The minimum atomic E-state index is 0.467. The number of nitrogens with zero attached hydrogens (tertiary/aromatic N) is 1. The molecule has 3 aliphatic rings. The van der Waals surface area contributed by atoms with Crippen LogP contribution in [0, 0.1) is 0 Å². The van der Waals surface area contributed by atoms with Crippen LogP contribution in [-0.2, 0) is 0 Å². The molecule has 3 heteroatoms. The van der Waals surface area contributed by atoms with E-state index >= 15 is 0 Å². The van der Waals surface area contributed by atoms with Crippen LogP contribution in [0.15, 0.2) is 0 Å². The molecule has 0 aromatic heterocycles. The van der Waals surface area contributed by atoms with Crippen molar-refractivity contribution in [1.82, 2.24) is 10.2 Å². The van der Waals surface area contributed by atoms with E-state index in [0.717, 1.165) is 0 Å². The van der Waals surface area contributed by atoms with Crippen molar-refractivity contribution >= 4 is 11.8 Å². The summed E-state index contributed by atoms with van der Waals surface area (Å²) in [6, 6.07) is 0. The van der Waals surface area contributed by atoms with Gasteiger partial charge in [-0.05, 0) is 57.9 Å². The lowest BCUT2D eigenvalue weighted by molar-refractivity contribution is 0.156. The summed E-state index contributed by atoms with van der Waals surface area (Å²) in [5, 5.41) is 3.92. The predicted octanol–water partition coefficient (Wildman–Crippen LogP) is 3.27. The molecule has 1 N–H and O–H groups in total. The van der Waals surface area contributed by atoms with Crippen LogP contribution in [-0.4, -0.2) is 47.1 Å². The number of hydrogen-bond acceptors (Lipinski definition) is 3. The first kappa shape index (κ1) is 14.2. The SMILES string of the molecule is CC1(CN2CCCNC3(CCCCC3)C2)CCCS1. The third kappa shape index (κ3) is 3.48. The van der Waals surface area contributed by atoms with Crippen LogP contribution in [0.25, 0.3) is 0 Å². The zero-order chi connectivity index (χ0) is 13.2. The van der Waals surface area contributed by atoms with E-state index in [1.807, 2.05) is 0 Å². The molecule has 0 amide bonds. The van der Waals surface area contributed by atoms with Crippen molar-refractivity contribution in [1.29, 1.82) is 0 Å². The van der Waals surface area contributed by atoms with Gasteiger partial charge in [0.25, 0.3) is 0 Å². The zero-order valence-corrected chi connectivity index (χ0v) is 13.4. The predicted molar refractivity (Wildman–Crippen MR) is 85.0 cm³/mol. The first-order valence-electron chi connectivity index (χ1n) is 8.31. The van der Waals surface area contributed by atoms with Crippen LogP contribution in [0.5, 0.6) is 0 Å². The number of rotatable bonds is 2. The van der Waals surface area contributed by atoms with Crippen LogP contribution in [0.1, 0.15) is 58.3 Å². The number of nitrogens with one attached hydrogen (secondary N) is 1. The maximum Gasteiger partial charge on any atom is 0.0308 e. The van der Waals surface area contributed by atoms with Crippen molar-refractivity contribution in [2.45, 2.75) is 68.6 Å². The minimum absolute atomic E-state index is 0.467. The average Bonchev–Trinajstić information content (AvgIpc) is 2.73. The third-order valence-electron chi connectivity index (χ3n) is 5.35. The molecular formula is C16H30N2S. The molecule has 3 fully saturated rings. The van der Waals surface area contributed by atoms with Gasteiger partial charge >= 0.3 is 0 Å². The largest absolute Gasteiger partial charge is 0.310 e. The van der Waals surface area contributed by atoms with E-state index < -0.39 is 0 Å². The van der Waals surface area contributed by atoms with Gasteiger partial charge in [0.2, 0.25) is 0 Å². The number of hydrogen-bond donors (Lipinski definition) is 1. The summed E-state index contributed by atoms with van der Waals surface area (Å²) in [5.41, 5.74) is 0.467. The highest BCUT2D eigenvalue weighted by atomic mass is 32.2. The Hall–Kier alpha value is 0.270. The fraction of sp³-hybridized carbons (Fsp3) is 1.00. The summed E-state index contributed by atoms with van der Waals surface area (Å²) < 4.78 is 0.542. The molecule has 3 rings (SSSR count). The standard InChI is InChI=1S/C16H30N2S/c1-15(7-5-12-19-15)13-18-11-6-10-17-16(14-18)8-3-2-4-9-16/h17H,2-14H2,1H3. The molecule has 2 heterocycles. The van der Waals surface area contributed by atoms with Crippen LogP contribution in [0.4, 0.5) is 0 Å². The molecule has 1 spiro atoms. The first-order chi connectivity index (χ1) is 9.20. The molecule has 2 saturated heterocycles. The quantitative estimate of drug-likeness (QED) is 0.837. The van der Waals surface area contributed by atoms with Gasteiger partial charge in [0.15, 0.2) is 0 Å². The van der Waals surface area contributed by atoms with E-state index in [4.69, 9.17) is 0 Å². The molecule has 2 aliphatic heterocycles. The van der Waals surface area contributed by atoms with Gasteiger partial charge in [-0.3, -0.25) is 0 Å². The van der Waals surface area contributed by atoms with E-state index in [2.05, 4.69) is 28.9 Å². The molecule has 1 atom stereocenters. The zero-order valence-electron chi connectivity index (χ0n) is 12.5. The normalized spacial score (nSPS) is 36.5. The van der Waals surface area contributed by atoms with Gasteiger partial charge in [-0.15, -0.1) is 0 Å². The molecule has 0 radical (unpaired) electrons. The van der Waals surface area contributed by atoms with E-state index in [9.17, 15) is 0 Å². The molecule has 19 heavy (non-hydrogen) atoms. The third-order valence-corrected chi connectivity index (χ3v) is 6.87. The van der Waals surface area contributed by atoms with Crippen molar-refractivity contribution < 1.29 is 0 Å². The highest BCUT2D eigenvalue weighted by molar-refractivity contribution is 8.00. The van der Waals surface area contributed by atoms with Gasteiger partial charge in [0, 0.05) is 23.4 Å². The monoisotopic (exact) mass is 282 g/mol. The second-order valence-electron chi connectivity index (χ2n) is 7.23. The van der Waals surface area contributed by atoms with Crippen molar-refractivity contribution in [3.63, 3.8) is 0 Å². The first-order valence-corrected chi connectivity index (χ1v) is 9.30. The molecule has 110 valence electrons. The van der Waals surface area contributed by atoms with E-state index in [1.54, 1.807) is 0 Å². The van der Waals surface area contributed by atoms with Gasteiger partial charge in [-0.25, -0.2) is 0 Å². The molecule has 2 nitrogen and oxygen atoms in total. The lowest BCUT2D eigenvalue weighted by Gasteiger charge is -2.41. The highest BCUT2D eigenvalue weighted by Gasteiger charge is 2.38. The Morgan fingerprint density at radius 3 is 2.63 bits per heavy atom. The van der Waals surface area contributed by atoms with Gasteiger partial charge in [-0.2, -0.15) is 11.8 Å². The molecule has 0 aromatic rings. The molecule has 0 bridgehead atoms.